The Morgan fingerprint density at radius 3 is 2.62 bits per heavy atom. The highest BCUT2D eigenvalue weighted by Gasteiger charge is 2.25. The van der Waals surface area contributed by atoms with E-state index in [-0.39, 0.29) is 11.8 Å². The van der Waals surface area contributed by atoms with Crippen molar-refractivity contribution >= 4 is 6.03 Å². The number of benzene rings is 1. The molecule has 1 aliphatic heterocycles. The summed E-state index contributed by atoms with van der Waals surface area (Å²) in [5, 5.41) is 4.78. The Labute approximate surface area is 125 Å². The second-order valence-corrected chi connectivity index (χ2v) is 5.91. The Hall–Kier alpha value is -1.62. The lowest BCUT2D eigenvalue weighted by atomic mass is 10.00. The van der Waals surface area contributed by atoms with Gasteiger partial charge in [0.05, 0.1) is 0 Å². The summed E-state index contributed by atoms with van der Waals surface area (Å²) in [6, 6.07) is 5.45. The molecule has 4 nitrogen and oxygen atoms in total. The molecule has 1 saturated heterocycles. The predicted octanol–water partition coefficient (Wildman–Crippen LogP) is 3.11. The van der Waals surface area contributed by atoms with Gasteiger partial charge in [0.15, 0.2) is 0 Å². The Bertz CT molecular complexity index is 496. The summed E-state index contributed by atoms with van der Waals surface area (Å²) in [5.41, 5.74) is 4.27. The summed E-state index contributed by atoms with van der Waals surface area (Å²) in [4.78, 5) is 12.0. The van der Waals surface area contributed by atoms with E-state index in [0.29, 0.717) is 24.2 Å². The molecule has 1 fully saturated rings. The highest BCUT2D eigenvalue weighted by molar-refractivity contribution is 5.73. The highest BCUT2D eigenvalue weighted by Crippen LogP contribution is 2.20. The van der Waals surface area contributed by atoms with Crippen LogP contribution in [0.3, 0.4) is 0 Å². The number of rotatable bonds is 3. The number of carbonyl (C=O) groups is 1. The zero-order valence-electron chi connectivity index (χ0n) is 12.9. The minimum atomic E-state index is -0.243. The van der Waals surface area contributed by atoms with E-state index >= 15 is 0 Å². The van der Waals surface area contributed by atoms with Crippen molar-refractivity contribution < 1.29 is 9.18 Å². The smallest absolute Gasteiger partial charge is 0.329 e. The molecule has 2 atom stereocenters. The van der Waals surface area contributed by atoms with Crippen LogP contribution in [-0.4, -0.2) is 23.1 Å². The van der Waals surface area contributed by atoms with Crippen LogP contribution in [0.2, 0.25) is 0 Å². The van der Waals surface area contributed by atoms with Gasteiger partial charge in [0.1, 0.15) is 5.82 Å². The van der Waals surface area contributed by atoms with Crippen LogP contribution in [0.25, 0.3) is 0 Å². The van der Waals surface area contributed by atoms with E-state index in [1.54, 1.807) is 13.0 Å². The van der Waals surface area contributed by atoms with E-state index in [4.69, 9.17) is 0 Å². The number of hydrogen-bond donors (Lipinski definition) is 2. The number of piperidine rings is 1. The van der Waals surface area contributed by atoms with Crippen molar-refractivity contribution in [2.24, 2.45) is 0 Å². The van der Waals surface area contributed by atoms with Gasteiger partial charge in [-0.2, -0.15) is 0 Å². The second kappa shape index (κ2) is 6.89. The maximum atomic E-state index is 13.4. The largest absolute Gasteiger partial charge is 0.333 e. The van der Waals surface area contributed by atoms with Gasteiger partial charge < -0.3 is 5.32 Å². The van der Waals surface area contributed by atoms with E-state index in [0.717, 1.165) is 18.4 Å². The van der Waals surface area contributed by atoms with Crippen molar-refractivity contribution in [3.63, 3.8) is 0 Å². The fourth-order valence-corrected chi connectivity index (χ4v) is 2.73. The third kappa shape index (κ3) is 4.17. The molecular formula is C16H24FN3O. The van der Waals surface area contributed by atoms with E-state index in [1.807, 2.05) is 11.1 Å². The Balaban J connectivity index is 1.85. The Morgan fingerprint density at radius 1 is 1.33 bits per heavy atom. The topological polar surface area (TPSA) is 44.4 Å². The maximum Gasteiger partial charge on any atom is 0.329 e. The third-order valence-corrected chi connectivity index (χ3v) is 4.11. The summed E-state index contributed by atoms with van der Waals surface area (Å²) in [6.45, 7) is 6.27. The molecule has 0 saturated carbocycles. The Morgan fingerprint density at radius 2 is 2.00 bits per heavy atom. The summed E-state index contributed by atoms with van der Waals surface area (Å²) in [6.07, 6.45) is 3.38. The van der Waals surface area contributed by atoms with Gasteiger partial charge in [-0.1, -0.05) is 18.6 Å². The SMILES string of the molecule is Cc1ccc(CNC(=O)NN2C(C)CCCC2C)cc1F. The van der Waals surface area contributed by atoms with Crippen LogP contribution in [-0.2, 0) is 6.54 Å². The van der Waals surface area contributed by atoms with Crippen LogP contribution in [0.1, 0.15) is 44.2 Å². The van der Waals surface area contributed by atoms with Crippen LogP contribution >= 0.6 is 0 Å². The quantitative estimate of drug-likeness (QED) is 0.899. The lowest BCUT2D eigenvalue weighted by molar-refractivity contribution is 0.0594. The fraction of sp³-hybridized carbons (Fsp3) is 0.562. The molecule has 2 unspecified atom stereocenters. The van der Waals surface area contributed by atoms with E-state index < -0.39 is 0 Å². The van der Waals surface area contributed by atoms with Gasteiger partial charge in [0.2, 0.25) is 0 Å². The molecule has 5 heteroatoms. The average molecular weight is 293 g/mol. The maximum absolute atomic E-state index is 13.4. The van der Waals surface area contributed by atoms with E-state index in [9.17, 15) is 9.18 Å². The van der Waals surface area contributed by atoms with Crippen molar-refractivity contribution in [1.82, 2.24) is 15.8 Å². The van der Waals surface area contributed by atoms with Gasteiger partial charge in [-0.05, 0) is 50.8 Å². The van der Waals surface area contributed by atoms with Crippen molar-refractivity contribution in [1.29, 1.82) is 0 Å². The number of hydrazine groups is 1. The molecule has 0 radical (unpaired) electrons. The summed E-state index contributed by atoms with van der Waals surface area (Å²) >= 11 is 0. The number of carbonyl (C=O) groups excluding carboxylic acids is 1. The van der Waals surface area contributed by atoms with Crippen molar-refractivity contribution in [2.45, 2.75) is 58.7 Å². The normalized spacial score (nSPS) is 22.9. The zero-order valence-corrected chi connectivity index (χ0v) is 12.9. The predicted molar refractivity (Wildman–Crippen MR) is 81.1 cm³/mol. The summed E-state index contributed by atoms with van der Waals surface area (Å²) in [5.74, 6) is -0.243. The van der Waals surface area contributed by atoms with Crippen LogP contribution < -0.4 is 10.7 Å². The summed E-state index contributed by atoms with van der Waals surface area (Å²) < 4.78 is 13.4. The number of amides is 2. The molecule has 1 heterocycles. The molecule has 0 spiro atoms. The molecule has 1 aromatic carbocycles. The van der Waals surface area contributed by atoms with Crippen molar-refractivity contribution in [3.8, 4) is 0 Å². The number of nitrogens with zero attached hydrogens (tertiary/aromatic N) is 1. The van der Waals surface area contributed by atoms with E-state index in [1.165, 1.54) is 12.5 Å². The molecule has 0 bridgehead atoms. The number of halogens is 1. The van der Waals surface area contributed by atoms with Gasteiger partial charge >= 0.3 is 6.03 Å². The monoisotopic (exact) mass is 293 g/mol. The van der Waals surface area contributed by atoms with Gasteiger partial charge in [0.25, 0.3) is 0 Å². The van der Waals surface area contributed by atoms with Crippen LogP contribution in [0.15, 0.2) is 18.2 Å². The molecular weight excluding hydrogens is 269 g/mol. The van der Waals surface area contributed by atoms with Gasteiger partial charge in [-0.15, -0.1) is 0 Å². The molecule has 0 aliphatic carbocycles. The molecule has 2 amide bonds. The van der Waals surface area contributed by atoms with Gasteiger partial charge in [0, 0.05) is 18.6 Å². The fourth-order valence-electron chi connectivity index (χ4n) is 2.73. The first-order chi connectivity index (χ1) is 9.97. The first kappa shape index (κ1) is 15.8. The van der Waals surface area contributed by atoms with Crippen LogP contribution in [0, 0.1) is 12.7 Å². The molecule has 1 aromatic rings. The zero-order chi connectivity index (χ0) is 15.4. The minimum absolute atomic E-state index is 0.239. The molecule has 2 N–H and O–H groups in total. The highest BCUT2D eigenvalue weighted by atomic mass is 19.1. The van der Waals surface area contributed by atoms with Crippen molar-refractivity contribution in [3.05, 3.63) is 35.1 Å². The molecule has 2 rings (SSSR count). The first-order valence-corrected chi connectivity index (χ1v) is 7.55. The molecule has 116 valence electrons. The van der Waals surface area contributed by atoms with E-state index in [2.05, 4.69) is 24.6 Å². The van der Waals surface area contributed by atoms with Gasteiger partial charge in [-0.25, -0.2) is 14.2 Å². The number of urea groups is 1. The second-order valence-electron chi connectivity index (χ2n) is 5.91. The van der Waals surface area contributed by atoms with Gasteiger partial charge in [-0.3, -0.25) is 5.43 Å². The molecule has 0 aromatic heterocycles. The standard InChI is InChI=1S/C16H24FN3O/c1-11-7-8-14(9-15(11)17)10-18-16(21)19-20-12(2)5-4-6-13(20)3/h7-9,12-13H,4-6,10H2,1-3H3,(H2,18,19,21). The molecule has 21 heavy (non-hydrogen) atoms. The first-order valence-electron chi connectivity index (χ1n) is 7.55. The number of nitrogens with one attached hydrogen (secondary N) is 2. The third-order valence-electron chi connectivity index (χ3n) is 4.11. The lowest BCUT2D eigenvalue weighted by Crippen LogP contribution is -2.56. The van der Waals surface area contributed by atoms with Crippen LogP contribution in [0.4, 0.5) is 9.18 Å². The number of hydrogen-bond acceptors (Lipinski definition) is 2. The average Bonchev–Trinajstić information content (AvgIpc) is 2.44. The molecule has 1 aliphatic rings. The summed E-state index contributed by atoms with van der Waals surface area (Å²) in [7, 11) is 0. The Kier molecular flexibility index (Phi) is 5.17. The van der Waals surface area contributed by atoms with Crippen LogP contribution in [0.5, 0.6) is 0 Å². The minimum Gasteiger partial charge on any atom is -0.333 e. The lowest BCUT2D eigenvalue weighted by Gasteiger charge is -2.38. The van der Waals surface area contributed by atoms with Crippen molar-refractivity contribution in [2.75, 3.05) is 0 Å². The number of aryl methyl sites for hydroxylation is 1.